The summed E-state index contributed by atoms with van der Waals surface area (Å²) in [6, 6.07) is -0.625. The molecule has 0 aliphatic carbocycles. The number of unbranched alkanes of at least 4 members (excludes halogenated alkanes) is 59. The van der Waals surface area contributed by atoms with Crippen LogP contribution in [0.4, 0.5) is 0 Å². The Hall–Kier alpha value is -1.66. The predicted octanol–water partition coefficient (Wildman–Crippen LogP) is 24.9. The number of carbonyl (C=O) groups is 2. The Kier molecular flexibility index (Phi) is 71.4. The van der Waals surface area contributed by atoms with Gasteiger partial charge in [-0.05, 0) is 57.8 Å². The van der Waals surface area contributed by atoms with Gasteiger partial charge >= 0.3 is 5.97 Å². The number of hydrogen-bond donors (Lipinski definition) is 3. The van der Waals surface area contributed by atoms with Gasteiger partial charge in [0, 0.05) is 12.8 Å². The first-order chi connectivity index (χ1) is 41.0. The summed E-state index contributed by atoms with van der Waals surface area (Å²) in [5.74, 6) is -0.0471. The third-order valence-corrected chi connectivity index (χ3v) is 18.0. The van der Waals surface area contributed by atoms with Gasteiger partial charge in [0.1, 0.15) is 0 Å². The van der Waals surface area contributed by atoms with Crippen molar-refractivity contribution in [3.63, 3.8) is 0 Å². The summed E-state index contributed by atoms with van der Waals surface area (Å²) in [6.07, 6.45) is 92.9. The molecule has 2 atom stereocenters. The van der Waals surface area contributed by atoms with E-state index in [0.29, 0.717) is 19.4 Å². The van der Waals surface area contributed by atoms with E-state index in [1.807, 2.05) is 6.08 Å². The lowest BCUT2D eigenvalue weighted by molar-refractivity contribution is -0.143. The number of rotatable bonds is 72. The monoisotopic (exact) mass is 1170 g/mol. The third-order valence-electron chi connectivity index (χ3n) is 18.0. The van der Waals surface area contributed by atoms with Gasteiger partial charge < -0.3 is 20.3 Å². The molecule has 0 saturated carbocycles. The molecule has 0 bridgehead atoms. The lowest BCUT2D eigenvalue weighted by Crippen LogP contribution is -2.45. The van der Waals surface area contributed by atoms with Gasteiger partial charge in [0.25, 0.3) is 0 Å². The molecule has 83 heavy (non-hydrogen) atoms. The van der Waals surface area contributed by atoms with E-state index in [4.69, 9.17) is 4.74 Å². The molecule has 0 aromatic carbocycles. The number of nitrogens with one attached hydrogen (secondary N) is 1. The van der Waals surface area contributed by atoms with Crippen LogP contribution < -0.4 is 5.32 Å². The molecule has 0 aliphatic rings. The molecule has 6 nitrogen and oxygen atoms in total. The summed E-state index contributed by atoms with van der Waals surface area (Å²) in [6.45, 7) is 4.93. The maximum Gasteiger partial charge on any atom is 0.305 e. The van der Waals surface area contributed by atoms with E-state index in [1.54, 1.807) is 6.08 Å². The molecule has 2 unspecified atom stereocenters. The Morgan fingerprint density at radius 3 is 0.880 bits per heavy atom. The van der Waals surface area contributed by atoms with Crippen LogP contribution in [0.5, 0.6) is 0 Å². The average molecular weight is 1170 g/mol. The molecule has 0 rings (SSSR count). The van der Waals surface area contributed by atoms with Gasteiger partial charge in [-0.15, -0.1) is 0 Å². The first-order valence-electron chi connectivity index (χ1n) is 38.1. The molecule has 0 saturated heterocycles. The molecular weight excluding hydrogens is 1020 g/mol. The lowest BCUT2D eigenvalue weighted by atomic mass is 10.0. The van der Waals surface area contributed by atoms with Crippen LogP contribution in [0.2, 0.25) is 0 Å². The second-order valence-corrected chi connectivity index (χ2v) is 26.3. The minimum absolute atomic E-state index is 0.0115. The van der Waals surface area contributed by atoms with Crippen molar-refractivity contribution >= 4 is 11.9 Å². The second-order valence-electron chi connectivity index (χ2n) is 26.3. The average Bonchev–Trinajstić information content (AvgIpc) is 3.49. The van der Waals surface area contributed by atoms with Crippen LogP contribution in [0.25, 0.3) is 0 Å². The summed E-state index contributed by atoms with van der Waals surface area (Å²) in [7, 11) is 0. The number of ether oxygens (including phenoxy) is 1. The molecule has 0 aromatic rings. The third kappa shape index (κ3) is 69.3. The van der Waals surface area contributed by atoms with E-state index in [1.165, 1.54) is 360 Å². The fourth-order valence-electron chi connectivity index (χ4n) is 12.2. The number of amides is 1. The van der Waals surface area contributed by atoms with Crippen molar-refractivity contribution in [3.05, 3.63) is 24.3 Å². The summed E-state index contributed by atoms with van der Waals surface area (Å²) in [5, 5.41) is 23.3. The van der Waals surface area contributed by atoms with Crippen LogP contribution in [0.3, 0.4) is 0 Å². The molecule has 0 heterocycles. The highest BCUT2D eigenvalue weighted by Crippen LogP contribution is 2.20. The number of allylic oxidation sites excluding steroid dienone is 3. The summed E-state index contributed by atoms with van der Waals surface area (Å²) in [4.78, 5) is 24.6. The molecule has 3 N–H and O–H groups in total. The zero-order valence-electron chi connectivity index (χ0n) is 56.5. The fourth-order valence-corrected chi connectivity index (χ4v) is 12.2. The SMILES string of the molecule is CCCCC/C=C\CCCCCCCC(=O)OCCCCCCCCCCCCCCCCCCCCCCCCCCCCCCCCCCC(=O)NC(CO)C(O)/C=C/CCCCCCCCCCCCCCCCCCCCCC. The van der Waals surface area contributed by atoms with Gasteiger partial charge in [0.15, 0.2) is 0 Å². The van der Waals surface area contributed by atoms with Crippen LogP contribution in [0, 0.1) is 0 Å². The first kappa shape index (κ1) is 81.3. The van der Waals surface area contributed by atoms with E-state index < -0.39 is 12.1 Å². The van der Waals surface area contributed by atoms with Crippen molar-refractivity contribution in [2.75, 3.05) is 13.2 Å². The number of carbonyl (C=O) groups excluding carboxylic acids is 2. The molecular formula is C77H149NO5. The number of hydrogen-bond acceptors (Lipinski definition) is 5. The van der Waals surface area contributed by atoms with Gasteiger partial charge in [-0.3, -0.25) is 9.59 Å². The van der Waals surface area contributed by atoms with Crippen molar-refractivity contribution in [2.24, 2.45) is 0 Å². The molecule has 0 radical (unpaired) electrons. The van der Waals surface area contributed by atoms with Gasteiger partial charge in [-0.25, -0.2) is 0 Å². The summed E-state index contributed by atoms with van der Waals surface area (Å²) < 4.78 is 5.48. The summed E-state index contributed by atoms with van der Waals surface area (Å²) in [5.41, 5.74) is 0. The quantitative estimate of drug-likeness (QED) is 0.0320. The van der Waals surface area contributed by atoms with Crippen molar-refractivity contribution in [2.45, 2.75) is 443 Å². The van der Waals surface area contributed by atoms with E-state index >= 15 is 0 Å². The zero-order chi connectivity index (χ0) is 59.9. The minimum Gasteiger partial charge on any atom is -0.466 e. The van der Waals surface area contributed by atoms with Crippen LogP contribution >= 0.6 is 0 Å². The smallest absolute Gasteiger partial charge is 0.305 e. The Bertz CT molecular complexity index is 1300. The van der Waals surface area contributed by atoms with Crippen LogP contribution in [0.15, 0.2) is 24.3 Å². The summed E-state index contributed by atoms with van der Waals surface area (Å²) >= 11 is 0. The molecule has 1 amide bonds. The van der Waals surface area contributed by atoms with Crippen molar-refractivity contribution < 1.29 is 24.5 Å². The van der Waals surface area contributed by atoms with Crippen LogP contribution in [0.1, 0.15) is 431 Å². The first-order valence-corrected chi connectivity index (χ1v) is 38.1. The largest absolute Gasteiger partial charge is 0.466 e. The highest BCUT2D eigenvalue weighted by atomic mass is 16.5. The maximum atomic E-state index is 12.5. The van der Waals surface area contributed by atoms with E-state index in [-0.39, 0.29) is 18.5 Å². The minimum atomic E-state index is -0.842. The molecule has 492 valence electrons. The number of aliphatic hydroxyl groups is 2. The molecule has 0 spiro atoms. The highest BCUT2D eigenvalue weighted by Gasteiger charge is 2.18. The Labute approximate surface area is 520 Å². The predicted molar refractivity (Wildman–Crippen MR) is 366 cm³/mol. The van der Waals surface area contributed by atoms with E-state index in [0.717, 1.165) is 44.9 Å². The van der Waals surface area contributed by atoms with Crippen molar-refractivity contribution in [3.8, 4) is 0 Å². The van der Waals surface area contributed by atoms with Crippen LogP contribution in [-0.2, 0) is 14.3 Å². The van der Waals surface area contributed by atoms with E-state index in [2.05, 4.69) is 31.3 Å². The topological polar surface area (TPSA) is 95.9 Å². The Balaban J connectivity index is 3.35. The normalized spacial score (nSPS) is 12.6. The van der Waals surface area contributed by atoms with Gasteiger partial charge in [-0.2, -0.15) is 0 Å². The lowest BCUT2D eigenvalue weighted by Gasteiger charge is -2.20. The second kappa shape index (κ2) is 72.8. The molecule has 6 heteroatoms. The van der Waals surface area contributed by atoms with E-state index in [9.17, 15) is 19.8 Å². The Morgan fingerprint density at radius 2 is 0.566 bits per heavy atom. The van der Waals surface area contributed by atoms with Crippen LogP contribution in [-0.4, -0.2) is 47.4 Å². The zero-order valence-corrected chi connectivity index (χ0v) is 56.5. The standard InChI is InChI=1S/C77H149NO5/c1-3-5-7-9-11-13-15-17-18-19-20-21-34-37-40-43-46-49-53-57-61-65-69-75(80)74(73-79)78-76(81)70-66-62-58-54-50-47-44-41-38-35-32-30-28-26-24-22-23-25-27-29-31-33-36-39-42-45-48-52-56-60-64-68-72-83-77(82)71-67-63-59-55-51-16-14-12-10-8-6-4-2/h12,14,65,69,74-75,79-80H,3-11,13,15-64,66-68,70-73H2,1-2H3,(H,78,81)/b14-12-,69-65+. The highest BCUT2D eigenvalue weighted by molar-refractivity contribution is 5.76. The fraction of sp³-hybridized carbons (Fsp3) is 0.922. The molecule has 0 fully saturated rings. The van der Waals surface area contributed by atoms with Crippen molar-refractivity contribution in [1.82, 2.24) is 5.32 Å². The molecule has 0 aliphatic heterocycles. The van der Waals surface area contributed by atoms with Gasteiger partial charge in [-0.1, -0.05) is 385 Å². The Morgan fingerprint density at radius 1 is 0.325 bits per heavy atom. The van der Waals surface area contributed by atoms with Gasteiger partial charge in [0.2, 0.25) is 5.91 Å². The maximum absolute atomic E-state index is 12.5. The number of esters is 1. The van der Waals surface area contributed by atoms with Gasteiger partial charge in [0.05, 0.1) is 25.4 Å². The number of aliphatic hydroxyl groups excluding tert-OH is 2. The molecule has 0 aromatic heterocycles. The van der Waals surface area contributed by atoms with Crippen molar-refractivity contribution in [1.29, 1.82) is 0 Å².